The van der Waals surface area contributed by atoms with Gasteiger partial charge in [0.25, 0.3) is 0 Å². The Balaban J connectivity index is 1.01. The van der Waals surface area contributed by atoms with E-state index in [2.05, 4.69) is 30.0 Å². The van der Waals surface area contributed by atoms with Crippen molar-refractivity contribution in [1.29, 1.82) is 0 Å². The zero-order valence-corrected chi connectivity index (χ0v) is 33.7. The lowest BCUT2D eigenvalue weighted by atomic mass is 9.52. The number of hydrogen-bond acceptors (Lipinski definition) is 4. The van der Waals surface area contributed by atoms with E-state index in [0.717, 1.165) is 90.0 Å². The number of carbonyl (C=O) groups is 1. The standard InChI is InChI=1S/C43H65F5N2O4S/c1-41-22-18-35-34-15-14-30(37-13-8-9-23-50(37)33-19-24-49(25-20-33)40(52)53)28-32(34)29-31(39(35)36(41)16-17-38(41)51)12-7-5-3-2-4-6-10-26-55(54)27-11-21-42(44,45)43(46,47)48/h14-15,28,31,33,35-39,51H,2-13,16-27,29H2,1H3,(H,52,53)/t31-,35-,36+,37?,38+,39-,41+,55?/m1/s1. The van der Waals surface area contributed by atoms with Gasteiger partial charge in [-0.1, -0.05) is 70.1 Å². The third-order valence-electron chi connectivity index (χ3n) is 14.7. The molecule has 2 heterocycles. The van der Waals surface area contributed by atoms with E-state index in [0.29, 0.717) is 61.0 Å². The monoisotopic (exact) mass is 800 g/mol. The molecule has 2 saturated carbocycles. The van der Waals surface area contributed by atoms with Crippen LogP contribution in [0, 0.1) is 23.2 Å². The van der Waals surface area contributed by atoms with Gasteiger partial charge in [-0.25, -0.2) is 4.79 Å². The number of carboxylic acid groups (broad SMARTS) is 1. The minimum absolute atomic E-state index is 0.00743. The molecule has 0 spiro atoms. The highest BCUT2D eigenvalue weighted by atomic mass is 32.2. The summed E-state index contributed by atoms with van der Waals surface area (Å²) >= 11 is 0. The van der Waals surface area contributed by atoms with Crippen molar-refractivity contribution in [3.05, 3.63) is 34.9 Å². The first-order chi connectivity index (χ1) is 26.2. The van der Waals surface area contributed by atoms with Crippen LogP contribution in [0.4, 0.5) is 26.7 Å². The zero-order chi connectivity index (χ0) is 39.4. The maximum Gasteiger partial charge on any atom is 0.453 e. The Bertz CT molecular complexity index is 1450. The van der Waals surface area contributed by atoms with Crippen LogP contribution in [-0.2, 0) is 17.2 Å². The maximum absolute atomic E-state index is 13.1. The number of piperidine rings is 2. The van der Waals surface area contributed by atoms with Gasteiger partial charge in [-0.15, -0.1) is 0 Å². The molecule has 6 rings (SSSR count). The van der Waals surface area contributed by atoms with Gasteiger partial charge in [0.15, 0.2) is 0 Å². The first-order valence-electron chi connectivity index (χ1n) is 21.5. The Hall–Kier alpha value is -1.79. The molecule has 312 valence electrons. The van der Waals surface area contributed by atoms with E-state index >= 15 is 0 Å². The summed E-state index contributed by atoms with van der Waals surface area (Å²) in [6.45, 7) is 4.65. The Morgan fingerprint density at radius 3 is 2.27 bits per heavy atom. The highest BCUT2D eigenvalue weighted by molar-refractivity contribution is 7.84. The molecule has 1 aromatic carbocycles. The molecule has 2 unspecified atom stereocenters. The topological polar surface area (TPSA) is 81.1 Å². The largest absolute Gasteiger partial charge is 0.465 e. The van der Waals surface area contributed by atoms with Gasteiger partial charge in [0.05, 0.1) is 6.10 Å². The number of hydrogen-bond donors (Lipinski definition) is 2. The third-order valence-corrected chi connectivity index (χ3v) is 16.2. The number of aliphatic hydroxyl groups is 1. The van der Waals surface area contributed by atoms with E-state index in [9.17, 15) is 41.2 Å². The summed E-state index contributed by atoms with van der Waals surface area (Å²) in [7, 11) is -1.37. The highest BCUT2D eigenvalue weighted by Gasteiger charge is 2.57. The highest BCUT2D eigenvalue weighted by Crippen LogP contribution is 2.63. The van der Waals surface area contributed by atoms with Crippen molar-refractivity contribution >= 4 is 16.9 Å². The predicted octanol–water partition coefficient (Wildman–Crippen LogP) is 10.6. The number of rotatable bonds is 16. The van der Waals surface area contributed by atoms with Gasteiger partial charge in [-0.3, -0.25) is 9.11 Å². The zero-order valence-electron chi connectivity index (χ0n) is 32.9. The summed E-state index contributed by atoms with van der Waals surface area (Å²) in [4.78, 5) is 15.8. The van der Waals surface area contributed by atoms with Crippen molar-refractivity contribution < 1.29 is 41.2 Å². The first-order valence-corrected chi connectivity index (χ1v) is 23.0. The summed E-state index contributed by atoms with van der Waals surface area (Å²) in [6, 6.07) is 8.24. The Morgan fingerprint density at radius 2 is 1.56 bits per heavy atom. The van der Waals surface area contributed by atoms with Crippen LogP contribution >= 0.6 is 0 Å². The fourth-order valence-electron chi connectivity index (χ4n) is 11.7. The number of likely N-dealkylation sites (tertiary alicyclic amines) is 2. The lowest BCUT2D eigenvalue weighted by molar-refractivity contribution is -0.284. The maximum atomic E-state index is 13.1. The van der Waals surface area contributed by atoms with Crippen molar-refractivity contribution in [3.8, 4) is 0 Å². The molecular formula is C43H65F5N2O4S. The van der Waals surface area contributed by atoms with Crippen LogP contribution < -0.4 is 0 Å². The molecule has 3 aliphatic carbocycles. The summed E-state index contributed by atoms with van der Waals surface area (Å²) in [5.41, 5.74) is 4.52. The Morgan fingerprint density at radius 1 is 0.873 bits per heavy atom. The lowest BCUT2D eigenvalue weighted by Crippen LogP contribution is -2.49. The molecule has 2 aliphatic heterocycles. The number of unbranched alkanes of at least 4 members (excludes halogenated alkanes) is 6. The molecule has 0 radical (unpaired) electrons. The molecule has 2 saturated heterocycles. The van der Waals surface area contributed by atoms with Crippen molar-refractivity contribution in [2.45, 2.75) is 172 Å². The second kappa shape index (κ2) is 18.4. The number of alkyl halides is 5. The summed E-state index contributed by atoms with van der Waals surface area (Å²) in [5, 5.41) is 20.7. The minimum atomic E-state index is -5.55. The molecule has 6 nitrogen and oxygen atoms in total. The molecule has 0 aromatic heterocycles. The molecule has 2 N–H and O–H groups in total. The SMILES string of the molecule is C[C@]12CC[C@@H]3c4ccc(C5CCCCN5C5CCN(C(=O)O)CC5)cc4C[C@@H](CCCCCCCCCS(=O)CCCC(F)(F)C(F)(F)F)[C@H]3[C@@H]1CC[C@@H]2O. The van der Waals surface area contributed by atoms with Gasteiger partial charge in [0.1, 0.15) is 0 Å². The number of benzene rings is 1. The predicted molar refractivity (Wildman–Crippen MR) is 207 cm³/mol. The summed E-state index contributed by atoms with van der Waals surface area (Å²) < 4.78 is 75.4. The van der Waals surface area contributed by atoms with Crippen molar-refractivity contribution in [2.75, 3.05) is 31.1 Å². The van der Waals surface area contributed by atoms with Gasteiger partial charge in [0.2, 0.25) is 0 Å². The van der Waals surface area contributed by atoms with E-state index in [1.54, 1.807) is 10.5 Å². The van der Waals surface area contributed by atoms with Crippen LogP contribution in [0.2, 0.25) is 0 Å². The van der Waals surface area contributed by atoms with E-state index in [1.807, 2.05) is 0 Å². The first kappa shape index (κ1) is 42.8. The average molecular weight is 801 g/mol. The summed E-state index contributed by atoms with van der Waals surface area (Å²) in [5.74, 6) is -2.20. The lowest BCUT2D eigenvalue weighted by Gasteiger charge is -2.53. The minimum Gasteiger partial charge on any atom is -0.465 e. The van der Waals surface area contributed by atoms with E-state index in [1.165, 1.54) is 36.8 Å². The second-order valence-corrected chi connectivity index (χ2v) is 19.7. The fraction of sp³-hybridized carbons (Fsp3) is 0.837. The van der Waals surface area contributed by atoms with Gasteiger partial charge < -0.3 is 15.1 Å². The number of aliphatic hydroxyl groups excluding tert-OH is 1. The van der Waals surface area contributed by atoms with Crippen LogP contribution in [0.1, 0.15) is 158 Å². The average Bonchev–Trinajstić information content (AvgIpc) is 3.46. The van der Waals surface area contributed by atoms with E-state index in [-0.39, 0.29) is 17.3 Å². The van der Waals surface area contributed by atoms with Crippen LogP contribution in [0.3, 0.4) is 0 Å². The second-order valence-electron chi connectivity index (χ2n) is 18.0. The number of fused-ring (bicyclic) bond motifs is 5. The third kappa shape index (κ3) is 9.92. The van der Waals surface area contributed by atoms with Crippen LogP contribution in [0.15, 0.2) is 18.2 Å². The van der Waals surface area contributed by atoms with Crippen LogP contribution in [0.5, 0.6) is 0 Å². The molecule has 4 fully saturated rings. The molecule has 12 heteroatoms. The van der Waals surface area contributed by atoms with Crippen molar-refractivity contribution in [2.24, 2.45) is 23.2 Å². The molecule has 1 aromatic rings. The van der Waals surface area contributed by atoms with Crippen molar-refractivity contribution in [1.82, 2.24) is 9.80 Å². The Kier molecular flexibility index (Phi) is 14.3. The molecule has 8 atom stereocenters. The molecule has 1 amide bonds. The quantitative estimate of drug-likeness (QED) is 0.129. The van der Waals surface area contributed by atoms with E-state index in [4.69, 9.17) is 0 Å². The molecule has 55 heavy (non-hydrogen) atoms. The number of halogens is 5. The normalized spacial score (nSPS) is 31.1. The molecular weight excluding hydrogens is 736 g/mol. The fourth-order valence-corrected chi connectivity index (χ4v) is 12.9. The van der Waals surface area contributed by atoms with Gasteiger partial charge >= 0.3 is 18.2 Å². The van der Waals surface area contributed by atoms with Crippen LogP contribution in [-0.4, -0.2) is 85.7 Å². The van der Waals surface area contributed by atoms with Crippen LogP contribution in [0.25, 0.3) is 0 Å². The van der Waals surface area contributed by atoms with Gasteiger partial charge in [0, 0.05) is 53.9 Å². The molecule has 0 bridgehead atoms. The van der Waals surface area contributed by atoms with E-state index < -0.39 is 41.8 Å². The van der Waals surface area contributed by atoms with Gasteiger partial charge in [-0.2, -0.15) is 22.0 Å². The molecule has 5 aliphatic rings. The smallest absolute Gasteiger partial charge is 0.453 e. The summed E-state index contributed by atoms with van der Waals surface area (Å²) in [6.07, 6.45) is 10.7. The van der Waals surface area contributed by atoms with Gasteiger partial charge in [-0.05, 0) is 129 Å². The number of amides is 1. The van der Waals surface area contributed by atoms with Crippen molar-refractivity contribution in [3.63, 3.8) is 0 Å². The Labute approximate surface area is 327 Å². The number of nitrogens with zero attached hydrogens (tertiary/aromatic N) is 2.